The number of anilines is 3. The van der Waals surface area contributed by atoms with Crippen molar-refractivity contribution in [1.82, 2.24) is 15.0 Å². The van der Waals surface area contributed by atoms with Crippen LogP contribution in [0.15, 0.2) is 63.5 Å². The summed E-state index contributed by atoms with van der Waals surface area (Å²) in [4.78, 5) is 24.2. The number of aliphatic carboxylic acids is 1. The van der Waals surface area contributed by atoms with Crippen LogP contribution in [0, 0.1) is 0 Å². The van der Waals surface area contributed by atoms with Crippen molar-refractivity contribution in [3.05, 3.63) is 86.1 Å². The van der Waals surface area contributed by atoms with E-state index in [0.717, 1.165) is 44.2 Å². The van der Waals surface area contributed by atoms with E-state index in [0.29, 0.717) is 29.0 Å². The number of fused-ring (bicyclic) bond motifs is 1. The molecule has 1 aliphatic carbocycles. The Balaban J connectivity index is 1.33. The molecule has 41 heavy (non-hydrogen) atoms. The average molecular weight is 683 g/mol. The van der Waals surface area contributed by atoms with Crippen LogP contribution in [0.4, 0.5) is 17.6 Å². The number of carboxylic acids is 1. The zero-order valence-corrected chi connectivity index (χ0v) is 25.7. The minimum absolute atomic E-state index is 0.00181. The SMILES string of the molecule is CC(C)c1cc(Oc2c(Br)cc3c(c2Br)CCC3CC(=O)O)ccc1OCc1nc(N)nc(Nc2ccccc2)n1. The average Bonchev–Trinajstić information content (AvgIpc) is 3.32. The molecule has 0 aliphatic heterocycles. The number of benzene rings is 3. The van der Waals surface area contributed by atoms with E-state index in [1.165, 1.54) is 0 Å². The molecule has 0 saturated heterocycles. The second-order valence-corrected chi connectivity index (χ2v) is 11.7. The summed E-state index contributed by atoms with van der Waals surface area (Å²) in [6, 6.07) is 17.2. The van der Waals surface area contributed by atoms with Crippen molar-refractivity contribution in [2.45, 2.75) is 51.6 Å². The summed E-state index contributed by atoms with van der Waals surface area (Å²) in [5, 5.41) is 12.4. The van der Waals surface area contributed by atoms with Crippen LogP contribution in [0.2, 0.25) is 0 Å². The van der Waals surface area contributed by atoms with Gasteiger partial charge in [0, 0.05) is 11.3 Å². The van der Waals surface area contributed by atoms with Gasteiger partial charge in [-0.1, -0.05) is 32.0 Å². The van der Waals surface area contributed by atoms with Crippen LogP contribution in [0.1, 0.15) is 61.0 Å². The molecule has 0 bridgehead atoms. The number of para-hydroxylation sites is 1. The first-order chi connectivity index (χ1) is 19.7. The molecule has 0 spiro atoms. The van der Waals surface area contributed by atoms with Gasteiger partial charge in [-0.15, -0.1) is 0 Å². The Hall–Kier alpha value is -3.70. The van der Waals surface area contributed by atoms with E-state index in [9.17, 15) is 9.90 Å². The Morgan fingerprint density at radius 1 is 1.12 bits per heavy atom. The van der Waals surface area contributed by atoms with Gasteiger partial charge in [-0.25, -0.2) is 0 Å². The van der Waals surface area contributed by atoms with Crippen molar-refractivity contribution >= 4 is 55.4 Å². The summed E-state index contributed by atoms with van der Waals surface area (Å²) in [5.74, 6) is 2.20. The predicted molar refractivity (Wildman–Crippen MR) is 164 cm³/mol. The highest BCUT2D eigenvalue weighted by Crippen LogP contribution is 2.48. The molecule has 1 atom stereocenters. The smallest absolute Gasteiger partial charge is 0.303 e. The van der Waals surface area contributed by atoms with Crippen LogP contribution >= 0.6 is 31.9 Å². The van der Waals surface area contributed by atoms with Crippen molar-refractivity contribution < 1.29 is 19.4 Å². The first-order valence-electron chi connectivity index (χ1n) is 13.2. The number of nitrogens with two attached hydrogens (primary N) is 1. The lowest BCUT2D eigenvalue weighted by Crippen LogP contribution is -2.10. The number of nitrogens with one attached hydrogen (secondary N) is 1. The molecule has 0 amide bonds. The van der Waals surface area contributed by atoms with Gasteiger partial charge in [0.2, 0.25) is 11.9 Å². The normalized spacial score (nSPS) is 14.1. The first-order valence-corrected chi connectivity index (χ1v) is 14.8. The zero-order valence-electron chi connectivity index (χ0n) is 22.5. The quantitative estimate of drug-likeness (QED) is 0.154. The number of ether oxygens (including phenoxy) is 2. The maximum Gasteiger partial charge on any atom is 0.303 e. The van der Waals surface area contributed by atoms with Gasteiger partial charge in [0.25, 0.3) is 0 Å². The van der Waals surface area contributed by atoms with Crippen molar-refractivity contribution in [3.63, 3.8) is 0 Å². The third-order valence-corrected chi connectivity index (χ3v) is 8.25. The highest BCUT2D eigenvalue weighted by molar-refractivity contribution is 9.11. The molecule has 5 rings (SSSR count). The van der Waals surface area contributed by atoms with E-state index in [-0.39, 0.29) is 30.8 Å². The summed E-state index contributed by atoms with van der Waals surface area (Å²) in [7, 11) is 0. The molecule has 1 unspecified atom stereocenters. The van der Waals surface area contributed by atoms with Crippen LogP contribution in [-0.4, -0.2) is 26.0 Å². The van der Waals surface area contributed by atoms with Crippen LogP contribution in [0.25, 0.3) is 0 Å². The number of carbonyl (C=O) groups is 1. The molecular weight excluding hydrogens is 654 g/mol. The number of aromatic nitrogens is 3. The molecule has 0 radical (unpaired) electrons. The summed E-state index contributed by atoms with van der Waals surface area (Å²) in [6.45, 7) is 4.27. The molecule has 11 heteroatoms. The Morgan fingerprint density at radius 3 is 2.63 bits per heavy atom. The molecule has 3 aromatic carbocycles. The Morgan fingerprint density at radius 2 is 1.90 bits per heavy atom. The lowest BCUT2D eigenvalue weighted by molar-refractivity contribution is -0.137. The highest BCUT2D eigenvalue weighted by Gasteiger charge is 2.29. The number of rotatable bonds is 10. The Bertz CT molecular complexity index is 1580. The fraction of sp³-hybridized carbons (Fsp3) is 0.267. The van der Waals surface area contributed by atoms with Crippen LogP contribution in [0.5, 0.6) is 17.2 Å². The van der Waals surface area contributed by atoms with E-state index in [2.05, 4.69) is 66.0 Å². The Labute approximate surface area is 254 Å². The highest BCUT2D eigenvalue weighted by atomic mass is 79.9. The van der Waals surface area contributed by atoms with Gasteiger partial charge >= 0.3 is 5.97 Å². The summed E-state index contributed by atoms with van der Waals surface area (Å²) in [5.41, 5.74) is 9.87. The standard InChI is InChI=1S/C30H29Br2N5O4/c1-16(2)21-13-19(41-28-23(31)14-22-17(12-26(38)39)8-10-20(22)27(28)32)9-11-24(21)40-15-25-35-29(33)37-30(36-25)34-18-6-4-3-5-7-18/h3-7,9,11,13-14,16-17H,8,10,12,15H2,1-2H3,(H,38,39)(H3,33,34,35,36,37). The van der Waals surface area contributed by atoms with Crippen LogP contribution in [0.3, 0.4) is 0 Å². The van der Waals surface area contributed by atoms with Crippen molar-refractivity contribution in [2.24, 2.45) is 0 Å². The lowest BCUT2D eigenvalue weighted by Gasteiger charge is -2.18. The number of carboxylic acid groups (broad SMARTS) is 1. The third-order valence-electron chi connectivity index (χ3n) is 6.82. The van der Waals surface area contributed by atoms with E-state index in [1.807, 2.05) is 54.6 Å². The molecule has 9 nitrogen and oxygen atoms in total. The zero-order chi connectivity index (χ0) is 29.1. The number of halogens is 2. The maximum atomic E-state index is 11.3. The van der Waals surface area contributed by atoms with Crippen LogP contribution < -0.4 is 20.5 Å². The maximum absolute atomic E-state index is 11.3. The molecule has 4 N–H and O–H groups in total. The van der Waals surface area contributed by atoms with Crippen molar-refractivity contribution in [1.29, 1.82) is 0 Å². The van der Waals surface area contributed by atoms with Crippen molar-refractivity contribution in [3.8, 4) is 17.2 Å². The van der Waals surface area contributed by atoms with E-state index < -0.39 is 5.97 Å². The molecular formula is C30H29Br2N5O4. The largest absolute Gasteiger partial charge is 0.485 e. The van der Waals surface area contributed by atoms with Crippen LogP contribution in [-0.2, 0) is 17.8 Å². The number of nitrogens with zero attached hydrogens (tertiary/aromatic N) is 3. The predicted octanol–water partition coefficient (Wildman–Crippen LogP) is 7.72. The second-order valence-electron chi connectivity index (χ2n) is 10.1. The van der Waals surface area contributed by atoms with Gasteiger partial charge in [-0.05, 0) is 104 Å². The second kappa shape index (κ2) is 12.4. The molecule has 1 heterocycles. The van der Waals surface area contributed by atoms with Gasteiger partial charge in [0.15, 0.2) is 11.6 Å². The number of hydrogen-bond acceptors (Lipinski definition) is 8. The van der Waals surface area contributed by atoms with Crippen molar-refractivity contribution in [2.75, 3.05) is 11.1 Å². The van der Waals surface area contributed by atoms with Gasteiger partial charge in [0.1, 0.15) is 18.1 Å². The molecule has 212 valence electrons. The fourth-order valence-corrected chi connectivity index (χ4v) is 6.42. The third kappa shape index (κ3) is 6.79. The summed E-state index contributed by atoms with van der Waals surface area (Å²) in [6.07, 6.45) is 1.72. The molecule has 0 fully saturated rings. The molecule has 0 saturated carbocycles. The fourth-order valence-electron chi connectivity index (χ4n) is 4.91. The first kappa shape index (κ1) is 28.8. The molecule has 1 aliphatic rings. The van der Waals surface area contributed by atoms with Gasteiger partial charge in [0.05, 0.1) is 15.4 Å². The van der Waals surface area contributed by atoms with E-state index >= 15 is 0 Å². The lowest BCUT2D eigenvalue weighted by atomic mass is 9.98. The van der Waals surface area contributed by atoms with E-state index in [4.69, 9.17) is 15.2 Å². The summed E-state index contributed by atoms with van der Waals surface area (Å²) < 4.78 is 14.1. The van der Waals surface area contributed by atoms with Gasteiger partial charge < -0.3 is 25.6 Å². The topological polar surface area (TPSA) is 132 Å². The Kier molecular flexibility index (Phi) is 8.74. The monoisotopic (exact) mass is 681 g/mol. The number of nitrogen functional groups attached to an aromatic ring is 1. The minimum atomic E-state index is -0.790. The van der Waals surface area contributed by atoms with E-state index in [1.54, 1.807) is 0 Å². The molecule has 4 aromatic rings. The molecule has 1 aromatic heterocycles. The van der Waals surface area contributed by atoms with Gasteiger partial charge in [-0.3, -0.25) is 4.79 Å². The summed E-state index contributed by atoms with van der Waals surface area (Å²) >= 11 is 7.35. The minimum Gasteiger partial charge on any atom is -0.485 e. The number of hydrogen-bond donors (Lipinski definition) is 3. The van der Waals surface area contributed by atoms with Gasteiger partial charge in [-0.2, -0.15) is 15.0 Å².